The second-order valence-corrected chi connectivity index (χ2v) is 4.94. The molecule has 0 N–H and O–H groups in total. The Kier molecular flexibility index (Phi) is 2.86. The Bertz CT molecular complexity index is 363. The monoisotopic (exact) mass is 229 g/mol. The number of nitrogens with zero attached hydrogens (tertiary/aromatic N) is 1. The van der Waals surface area contributed by atoms with Crippen molar-refractivity contribution in [3.8, 4) is 0 Å². The van der Waals surface area contributed by atoms with E-state index in [4.69, 9.17) is 11.6 Å². The van der Waals surface area contributed by atoms with Gasteiger partial charge in [0.2, 0.25) is 0 Å². The zero-order valence-electron chi connectivity index (χ0n) is 7.08. The summed E-state index contributed by atoms with van der Waals surface area (Å²) in [6, 6.07) is 5.83. The van der Waals surface area contributed by atoms with Crippen molar-refractivity contribution in [2.45, 2.75) is 4.90 Å². The second-order valence-electron chi connectivity index (χ2n) is 2.61. The molecular formula is C9H8ClNS2. The van der Waals surface area contributed by atoms with E-state index in [0.717, 1.165) is 16.5 Å². The molecule has 68 valence electrons. The van der Waals surface area contributed by atoms with Gasteiger partial charge in [0.05, 0.1) is 10.7 Å². The average Bonchev–Trinajstić information content (AvgIpc) is 2.17. The number of aliphatic imine (C=N–C) groups is 1. The minimum Gasteiger partial charge on any atom is -0.245 e. The van der Waals surface area contributed by atoms with Gasteiger partial charge in [-0.15, -0.1) is 23.5 Å². The lowest BCUT2D eigenvalue weighted by Crippen LogP contribution is -1.99. The molecule has 0 saturated heterocycles. The number of thioether (sulfide) groups is 2. The minimum absolute atomic E-state index is 0.786. The fourth-order valence-corrected chi connectivity index (χ4v) is 3.00. The summed E-state index contributed by atoms with van der Waals surface area (Å²) in [6.07, 6.45) is 2.06. The van der Waals surface area contributed by atoms with Crippen LogP contribution >= 0.6 is 35.1 Å². The van der Waals surface area contributed by atoms with Crippen molar-refractivity contribution in [2.24, 2.45) is 4.99 Å². The van der Waals surface area contributed by atoms with E-state index in [9.17, 15) is 0 Å². The van der Waals surface area contributed by atoms with Gasteiger partial charge in [0.1, 0.15) is 0 Å². The van der Waals surface area contributed by atoms with Crippen molar-refractivity contribution < 1.29 is 0 Å². The maximum Gasteiger partial charge on any atom is 0.0839 e. The van der Waals surface area contributed by atoms with Crippen molar-refractivity contribution in [1.82, 2.24) is 0 Å². The first-order chi connectivity index (χ1) is 6.29. The Morgan fingerprint density at radius 3 is 3.15 bits per heavy atom. The average molecular weight is 230 g/mol. The summed E-state index contributed by atoms with van der Waals surface area (Å²) in [5.41, 5.74) is 1.05. The maximum absolute atomic E-state index is 5.88. The van der Waals surface area contributed by atoms with Crippen LogP contribution in [0, 0.1) is 0 Å². The van der Waals surface area contributed by atoms with Crippen molar-refractivity contribution >= 4 is 45.9 Å². The second kappa shape index (κ2) is 3.95. The number of hydrogen-bond donors (Lipinski definition) is 0. The topological polar surface area (TPSA) is 12.4 Å². The SMILES string of the molecule is CSC1=Nc2ccc(Cl)cc2SC1. The van der Waals surface area contributed by atoms with Gasteiger partial charge in [0, 0.05) is 15.7 Å². The van der Waals surface area contributed by atoms with Crippen LogP contribution in [-0.2, 0) is 0 Å². The molecular weight excluding hydrogens is 222 g/mol. The van der Waals surface area contributed by atoms with Crippen molar-refractivity contribution in [3.05, 3.63) is 23.2 Å². The van der Waals surface area contributed by atoms with Crippen molar-refractivity contribution in [3.63, 3.8) is 0 Å². The van der Waals surface area contributed by atoms with Crippen LogP contribution in [0.5, 0.6) is 0 Å². The first kappa shape index (κ1) is 9.44. The summed E-state index contributed by atoms with van der Waals surface area (Å²) in [6.45, 7) is 0. The van der Waals surface area contributed by atoms with Crippen molar-refractivity contribution in [1.29, 1.82) is 0 Å². The van der Waals surface area contributed by atoms with Gasteiger partial charge in [0.25, 0.3) is 0 Å². The molecule has 1 aromatic carbocycles. The third-order valence-electron chi connectivity index (χ3n) is 1.75. The quantitative estimate of drug-likeness (QED) is 0.670. The van der Waals surface area contributed by atoms with Crippen LogP contribution in [0.15, 0.2) is 28.1 Å². The molecule has 1 aliphatic rings. The normalized spacial score (nSPS) is 15.1. The van der Waals surface area contributed by atoms with Crippen molar-refractivity contribution in [2.75, 3.05) is 12.0 Å². The Hall–Kier alpha value is -0.120. The number of hydrogen-bond acceptors (Lipinski definition) is 3. The summed E-state index contributed by atoms with van der Waals surface area (Å²) in [5, 5.41) is 1.97. The zero-order chi connectivity index (χ0) is 9.26. The van der Waals surface area contributed by atoms with Crippen LogP contribution in [-0.4, -0.2) is 17.1 Å². The molecule has 1 nitrogen and oxygen atoms in total. The van der Waals surface area contributed by atoms with Crippen LogP contribution in [0.1, 0.15) is 0 Å². The first-order valence-electron chi connectivity index (χ1n) is 3.83. The molecule has 0 saturated carbocycles. The van der Waals surface area contributed by atoms with Crippen LogP contribution in [0.2, 0.25) is 5.02 Å². The molecule has 2 rings (SSSR count). The van der Waals surface area contributed by atoms with E-state index in [1.165, 1.54) is 9.94 Å². The highest BCUT2D eigenvalue weighted by Gasteiger charge is 2.11. The zero-order valence-corrected chi connectivity index (χ0v) is 9.47. The van der Waals surface area contributed by atoms with Crippen LogP contribution in [0.25, 0.3) is 0 Å². The Morgan fingerprint density at radius 2 is 2.38 bits per heavy atom. The summed E-state index contributed by atoms with van der Waals surface area (Å²) >= 11 is 9.39. The predicted molar refractivity (Wildman–Crippen MR) is 62.8 cm³/mol. The first-order valence-corrected chi connectivity index (χ1v) is 6.42. The molecule has 0 amide bonds. The third kappa shape index (κ3) is 2.03. The number of rotatable bonds is 0. The molecule has 1 aliphatic heterocycles. The molecule has 0 bridgehead atoms. The molecule has 13 heavy (non-hydrogen) atoms. The Labute approximate surface area is 91.0 Å². The number of fused-ring (bicyclic) bond motifs is 1. The van der Waals surface area contributed by atoms with E-state index < -0.39 is 0 Å². The molecule has 0 atom stereocenters. The highest BCUT2D eigenvalue weighted by atomic mass is 35.5. The Morgan fingerprint density at radius 1 is 1.54 bits per heavy atom. The number of halogens is 1. The summed E-state index contributed by atoms with van der Waals surface area (Å²) in [7, 11) is 0. The lowest BCUT2D eigenvalue weighted by molar-refractivity contribution is 1.36. The van der Waals surface area contributed by atoms with Gasteiger partial charge in [-0.1, -0.05) is 11.6 Å². The highest BCUT2D eigenvalue weighted by Crippen LogP contribution is 2.37. The van der Waals surface area contributed by atoms with E-state index in [1.807, 2.05) is 18.2 Å². The largest absolute Gasteiger partial charge is 0.245 e. The van der Waals surface area contributed by atoms with E-state index in [1.54, 1.807) is 23.5 Å². The van der Waals surface area contributed by atoms with Gasteiger partial charge in [0.15, 0.2) is 0 Å². The molecule has 1 heterocycles. The number of benzene rings is 1. The van der Waals surface area contributed by atoms with Gasteiger partial charge in [-0.05, 0) is 24.5 Å². The van der Waals surface area contributed by atoms with E-state index >= 15 is 0 Å². The summed E-state index contributed by atoms with van der Waals surface area (Å²) in [4.78, 5) is 5.69. The standard InChI is InChI=1S/C9H8ClNS2/c1-12-9-5-13-8-4-6(10)2-3-7(8)11-9/h2-4H,5H2,1H3. The molecule has 1 aromatic rings. The van der Waals surface area contributed by atoms with E-state index in [2.05, 4.69) is 11.2 Å². The van der Waals surface area contributed by atoms with Crippen LogP contribution in [0.4, 0.5) is 5.69 Å². The van der Waals surface area contributed by atoms with Crippen LogP contribution < -0.4 is 0 Å². The molecule has 0 aliphatic carbocycles. The van der Waals surface area contributed by atoms with Gasteiger partial charge >= 0.3 is 0 Å². The lowest BCUT2D eigenvalue weighted by atomic mass is 10.3. The smallest absolute Gasteiger partial charge is 0.0839 e. The fraction of sp³-hybridized carbons (Fsp3) is 0.222. The molecule has 0 aromatic heterocycles. The van der Waals surface area contributed by atoms with Gasteiger partial charge < -0.3 is 0 Å². The lowest BCUT2D eigenvalue weighted by Gasteiger charge is -2.13. The maximum atomic E-state index is 5.88. The molecule has 4 heteroatoms. The minimum atomic E-state index is 0.786. The molecule has 0 fully saturated rings. The Balaban J connectivity index is 2.42. The molecule has 0 radical (unpaired) electrons. The fourth-order valence-electron chi connectivity index (χ4n) is 1.11. The van der Waals surface area contributed by atoms with Gasteiger partial charge in [-0.3, -0.25) is 0 Å². The summed E-state index contributed by atoms with van der Waals surface area (Å²) in [5.74, 6) is 0.967. The van der Waals surface area contributed by atoms with Gasteiger partial charge in [-0.2, -0.15) is 0 Å². The van der Waals surface area contributed by atoms with E-state index in [-0.39, 0.29) is 0 Å². The van der Waals surface area contributed by atoms with Crippen LogP contribution in [0.3, 0.4) is 0 Å². The third-order valence-corrected chi connectivity index (χ3v) is 3.93. The summed E-state index contributed by atoms with van der Waals surface area (Å²) < 4.78 is 0. The van der Waals surface area contributed by atoms with Gasteiger partial charge in [-0.25, -0.2) is 4.99 Å². The van der Waals surface area contributed by atoms with E-state index in [0.29, 0.717) is 0 Å². The predicted octanol–water partition coefficient (Wildman–Crippen LogP) is 3.84. The molecule has 0 unspecified atom stereocenters. The molecule has 0 spiro atoms. The highest BCUT2D eigenvalue weighted by molar-refractivity contribution is 8.15.